The van der Waals surface area contributed by atoms with Crippen molar-refractivity contribution in [3.05, 3.63) is 23.8 Å². The lowest BCUT2D eigenvalue weighted by molar-refractivity contribution is -0.135. The van der Waals surface area contributed by atoms with Crippen LogP contribution in [0.3, 0.4) is 0 Å². The first kappa shape index (κ1) is 22.2. The zero-order valence-corrected chi connectivity index (χ0v) is 18.4. The topological polar surface area (TPSA) is 91.6 Å². The summed E-state index contributed by atoms with van der Waals surface area (Å²) in [5.74, 6) is 0.690. The van der Waals surface area contributed by atoms with Gasteiger partial charge in [-0.05, 0) is 60.2 Å². The first-order valence-corrected chi connectivity index (χ1v) is 10.8. The van der Waals surface area contributed by atoms with Crippen LogP contribution in [0.25, 0.3) is 11.0 Å². The van der Waals surface area contributed by atoms with Crippen LogP contribution in [-0.4, -0.2) is 65.2 Å². The molecule has 0 bridgehead atoms. The predicted molar refractivity (Wildman–Crippen MR) is 115 cm³/mol. The maximum Gasteiger partial charge on any atom is 0.227 e. The van der Waals surface area contributed by atoms with Crippen LogP contribution in [0.2, 0.25) is 0 Å². The molecule has 1 fully saturated rings. The first-order valence-electron chi connectivity index (χ1n) is 10.8. The second kappa shape index (κ2) is 10.0. The molecule has 8 heteroatoms. The molecule has 2 atom stereocenters. The number of benzene rings is 1. The minimum atomic E-state index is -0.0741. The van der Waals surface area contributed by atoms with Crippen molar-refractivity contribution in [3.63, 3.8) is 0 Å². The number of amides is 2. The summed E-state index contributed by atoms with van der Waals surface area (Å²) in [4.78, 5) is 29.2. The maximum absolute atomic E-state index is 13.1. The number of nitrogens with one attached hydrogen (secondary N) is 1. The minimum Gasteiger partial charge on any atom is -0.352 e. The number of rotatable bonds is 7. The number of carbonyl (C=O) groups excluding carboxylic acids is 2. The Hall–Kier alpha value is -2.48. The van der Waals surface area contributed by atoms with Crippen molar-refractivity contribution in [1.29, 1.82) is 0 Å². The van der Waals surface area contributed by atoms with E-state index in [0.29, 0.717) is 36.5 Å². The van der Waals surface area contributed by atoms with E-state index in [2.05, 4.69) is 34.4 Å². The summed E-state index contributed by atoms with van der Waals surface area (Å²) in [6, 6.07) is 5.79. The number of carbonyl (C=O) groups is 2. The van der Waals surface area contributed by atoms with Gasteiger partial charge >= 0.3 is 0 Å². The Kier molecular flexibility index (Phi) is 7.42. The highest BCUT2D eigenvalue weighted by atomic mass is 16.6. The average Bonchev–Trinajstić information content (AvgIpc) is 3.08. The zero-order valence-electron chi connectivity index (χ0n) is 18.4. The van der Waals surface area contributed by atoms with E-state index in [9.17, 15) is 9.59 Å². The van der Waals surface area contributed by atoms with Gasteiger partial charge in [-0.3, -0.25) is 9.59 Å². The summed E-state index contributed by atoms with van der Waals surface area (Å²) in [6.07, 6.45) is 3.05. The van der Waals surface area contributed by atoms with Crippen molar-refractivity contribution in [2.75, 3.05) is 27.2 Å². The molecule has 8 nitrogen and oxygen atoms in total. The van der Waals surface area contributed by atoms with Gasteiger partial charge in [0.25, 0.3) is 0 Å². The molecule has 0 spiro atoms. The third-order valence-corrected chi connectivity index (χ3v) is 5.70. The summed E-state index contributed by atoms with van der Waals surface area (Å²) < 4.78 is 4.74. The van der Waals surface area contributed by atoms with Gasteiger partial charge in [-0.2, -0.15) is 0 Å². The van der Waals surface area contributed by atoms with Crippen molar-refractivity contribution in [1.82, 2.24) is 25.4 Å². The van der Waals surface area contributed by atoms with Crippen molar-refractivity contribution < 1.29 is 14.2 Å². The molecule has 1 aliphatic heterocycles. The zero-order chi connectivity index (χ0) is 21.7. The van der Waals surface area contributed by atoms with Crippen LogP contribution in [-0.2, 0) is 16.1 Å². The van der Waals surface area contributed by atoms with E-state index in [1.165, 1.54) is 0 Å². The Morgan fingerprint density at radius 3 is 2.77 bits per heavy atom. The van der Waals surface area contributed by atoms with Gasteiger partial charge in [-0.15, -0.1) is 0 Å². The number of aromatic nitrogens is 2. The quantitative estimate of drug-likeness (QED) is 0.747. The van der Waals surface area contributed by atoms with Crippen LogP contribution in [0.4, 0.5) is 0 Å². The molecule has 164 valence electrons. The monoisotopic (exact) mass is 415 g/mol. The van der Waals surface area contributed by atoms with Gasteiger partial charge in [0.1, 0.15) is 11.0 Å². The third-order valence-electron chi connectivity index (χ3n) is 5.70. The van der Waals surface area contributed by atoms with E-state index in [-0.39, 0.29) is 23.8 Å². The summed E-state index contributed by atoms with van der Waals surface area (Å²) in [7, 11) is 3.86. The van der Waals surface area contributed by atoms with Crippen LogP contribution < -0.4 is 5.32 Å². The second-order valence-corrected chi connectivity index (χ2v) is 8.97. The molecule has 3 rings (SSSR count). The smallest absolute Gasteiger partial charge is 0.227 e. The van der Waals surface area contributed by atoms with Gasteiger partial charge in [0, 0.05) is 39.1 Å². The third kappa shape index (κ3) is 6.01. The molecule has 2 heterocycles. The molecule has 1 aromatic heterocycles. The molecule has 0 radical (unpaired) electrons. The van der Waals surface area contributed by atoms with Gasteiger partial charge < -0.3 is 15.1 Å². The molecule has 0 saturated carbocycles. The number of fused-ring (bicyclic) bond motifs is 1. The Balaban J connectivity index is 1.54. The van der Waals surface area contributed by atoms with Crippen LogP contribution in [0, 0.1) is 11.8 Å². The first-order chi connectivity index (χ1) is 14.3. The molecule has 30 heavy (non-hydrogen) atoms. The number of nitrogens with zero attached hydrogens (tertiary/aromatic N) is 4. The summed E-state index contributed by atoms with van der Waals surface area (Å²) in [5.41, 5.74) is 2.39. The van der Waals surface area contributed by atoms with Crippen LogP contribution in [0.15, 0.2) is 22.8 Å². The molecular formula is C22H33N5O3. The van der Waals surface area contributed by atoms with Gasteiger partial charge in [-0.25, -0.2) is 4.63 Å². The number of hydrogen-bond acceptors (Lipinski definition) is 6. The molecule has 2 amide bonds. The van der Waals surface area contributed by atoms with Crippen molar-refractivity contribution in [3.8, 4) is 0 Å². The Labute approximate surface area is 177 Å². The fraction of sp³-hybridized carbons (Fsp3) is 0.636. The average molecular weight is 416 g/mol. The predicted octanol–water partition coefficient (Wildman–Crippen LogP) is 2.44. The summed E-state index contributed by atoms with van der Waals surface area (Å²) in [5, 5.41) is 10.8. The Bertz CT molecular complexity index is 865. The molecule has 0 aliphatic carbocycles. The van der Waals surface area contributed by atoms with Crippen LogP contribution in [0.1, 0.15) is 45.1 Å². The lowest BCUT2D eigenvalue weighted by Gasteiger charge is -2.25. The lowest BCUT2D eigenvalue weighted by atomic mass is 10.00. The molecule has 0 unspecified atom stereocenters. The normalized spacial score (nSPS) is 20.3. The minimum absolute atomic E-state index is 0.0741. The molecule has 1 aliphatic rings. The molecular weight excluding hydrogens is 382 g/mol. The fourth-order valence-electron chi connectivity index (χ4n) is 4.04. The largest absolute Gasteiger partial charge is 0.352 e. The Morgan fingerprint density at radius 1 is 1.23 bits per heavy atom. The molecule has 2 aromatic rings. The van der Waals surface area contributed by atoms with E-state index < -0.39 is 0 Å². The second-order valence-electron chi connectivity index (χ2n) is 8.97. The van der Waals surface area contributed by atoms with Gasteiger partial charge in [0.05, 0.1) is 5.92 Å². The van der Waals surface area contributed by atoms with E-state index in [1.807, 2.05) is 32.3 Å². The maximum atomic E-state index is 13.1. The van der Waals surface area contributed by atoms with Crippen LogP contribution in [0.5, 0.6) is 0 Å². The fourth-order valence-corrected chi connectivity index (χ4v) is 4.04. The summed E-state index contributed by atoms with van der Waals surface area (Å²) in [6.45, 7) is 6.24. The van der Waals surface area contributed by atoms with Crippen molar-refractivity contribution in [2.45, 2.75) is 52.1 Å². The number of likely N-dealkylation sites (tertiary alicyclic amines) is 1. The van der Waals surface area contributed by atoms with Crippen molar-refractivity contribution in [2.24, 2.45) is 11.8 Å². The highest BCUT2D eigenvalue weighted by molar-refractivity contribution is 5.79. The van der Waals surface area contributed by atoms with E-state index >= 15 is 0 Å². The van der Waals surface area contributed by atoms with Gasteiger partial charge in [0.2, 0.25) is 11.8 Å². The van der Waals surface area contributed by atoms with E-state index in [0.717, 1.165) is 31.4 Å². The molecule has 1 aromatic carbocycles. The van der Waals surface area contributed by atoms with Crippen LogP contribution >= 0.6 is 0 Å². The number of likely N-dealkylation sites (N-methyl/N-ethyl adjacent to an activating group) is 1. The molecule has 1 N–H and O–H groups in total. The van der Waals surface area contributed by atoms with Gasteiger partial charge in [-0.1, -0.05) is 19.9 Å². The highest BCUT2D eigenvalue weighted by Crippen LogP contribution is 2.20. The lowest BCUT2D eigenvalue weighted by Crippen LogP contribution is -2.42. The molecule has 1 saturated heterocycles. The Morgan fingerprint density at radius 2 is 2.00 bits per heavy atom. The van der Waals surface area contributed by atoms with E-state index in [1.54, 1.807) is 4.90 Å². The standard InChI is InChI=1S/C22H33N5O3/c1-15(2)5-10-21(28)23-18-8-7-17(13-26(3)14-18)22(29)27(4)12-16-6-9-19-20(11-16)25-30-24-19/h6,9,11,15,17-18H,5,7-8,10,12-14H2,1-4H3,(H,23,28)/t17-,18+/m1/s1. The SMILES string of the molecule is CC(C)CCC(=O)N[C@H]1CC[C@@H](C(=O)N(C)Cc2ccc3nonc3c2)CN(C)C1. The van der Waals surface area contributed by atoms with Gasteiger partial charge in [0.15, 0.2) is 0 Å². The van der Waals surface area contributed by atoms with Crippen molar-refractivity contribution >= 4 is 22.8 Å². The summed E-state index contributed by atoms with van der Waals surface area (Å²) >= 11 is 0. The van der Waals surface area contributed by atoms with E-state index in [4.69, 9.17) is 4.63 Å². The number of hydrogen-bond donors (Lipinski definition) is 1. The highest BCUT2D eigenvalue weighted by Gasteiger charge is 2.29.